The molecule has 0 saturated carbocycles. The summed E-state index contributed by atoms with van der Waals surface area (Å²) in [5.74, 6) is 0.0437. The summed E-state index contributed by atoms with van der Waals surface area (Å²) in [6, 6.07) is 34.0. The molecule has 0 fully saturated rings. The van der Waals surface area contributed by atoms with E-state index in [1.807, 2.05) is 109 Å². The van der Waals surface area contributed by atoms with Crippen molar-refractivity contribution in [3.63, 3.8) is 0 Å². The zero-order chi connectivity index (χ0) is 21.5. The van der Waals surface area contributed by atoms with Crippen LogP contribution in [0.3, 0.4) is 0 Å². The SMILES string of the molecule is O=C(c1ccccc1)c1ccccc1[SiH2]O[SiH2]c1ccccc1C(=O)c1ccccc1. The molecule has 0 saturated heterocycles. The Labute approximate surface area is 186 Å². The van der Waals surface area contributed by atoms with Crippen LogP contribution in [0, 0.1) is 0 Å². The highest BCUT2D eigenvalue weighted by Gasteiger charge is 2.15. The molecular weight excluding hydrogens is 416 g/mol. The fourth-order valence-corrected chi connectivity index (χ4v) is 7.00. The van der Waals surface area contributed by atoms with Crippen LogP contribution in [0.1, 0.15) is 31.8 Å². The molecule has 4 rings (SSSR count). The van der Waals surface area contributed by atoms with Crippen LogP contribution in [0.25, 0.3) is 0 Å². The van der Waals surface area contributed by atoms with Gasteiger partial charge in [-0.15, -0.1) is 0 Å². The highest BCUT2D eigenvalue weighted by atomic mass is 28.3. The quantitative estimate of drug-likeness (QED) is 0.313. The van der Waals surface area contributed by atoms with Gasteiger partial charge >= 0.3 is 0 Å². The smallest absolute Gasteiger partial charge is 0.192 e. The predicted octanol–water partition coefficient (Wildman–Crippen LogP) is 2.28. The van der Waals surface area contributed by atoms with Gasteiger partial charge < -0.3 is 4.12 Å². The Balaban J connectivity index is 1.49. The first kappa shape index (κ1) is 20.9. The summed E-state index contributed by atoms with van der Waals surface area (Å²) in [5.41, 5.74) is 2.78. The van der Waals surface area contributed by atoms with E-state index in [1.54, 1.807) is 0 Å². The first-order valence-electron chi connectivity index (χ1n) is 10.2. The predicted molar refractivity (Wildman–Crippen MR) is 130 cm³/mol. The fraction of sp³-hybridized carbons (Fsp3) is 0. The van der Waals surface area contributed by atoms with Crippen LogP contribution in [-0.4, -0.2) is 31.1 Å². The van der Waals surface area contributed by atoms with Crippen molar-refractivity contribution in [2.24, 2.45) is 0 Å². The van der Waals surface area contributed by atoms with E-state index in [2.05, 4.69) is 0 Å². The monoisotopic (exact) mass is 438 g/mol. The Morgan fingerprint density at radius 1 is 0.484 bits per heavy atom. The molecule has 0 N–H and O–H groups in total. The largest absolute Gasteiger partial charge is 0.458 e. The van der Waals surface area contributed by atoms with Gasteiger partial charge in [0.2, 0.25) is 0 Å². The molecule has 152 valence electrons. The van der Waals surface area contributed by atoms with Crippen LogP contribution in [0.4, 0.5) is 0 Å². The maximum absolute atomic E-state index is 12.9. The molecule has 0 amide bonds. The van der Waals surface area contributed by atoms with Crippen molar-refractivity contribution in [3.8, 4) is 0 Å². The van der Waals surface area contributed by atoms with Crippen LogP contribution < -0.4 is 10.4 Å². The normalized spacial score (nSPS) is 11.4. The van der Waals surface area contributed by atoms with Gasteiger partial charge in [0, 0.05) is 22.3 Å². The van der Waals surface area contributed by atoms with Gasteiger partial charge in [-0.3, -0.25) is 9.59 Å². The molecule has 0 atom stereocenters. The first-order chi connectivity index (χ1) is 15.2. The van der Waals surface area contributed by atoms with Crippen LogP contribution in [-0.2, 0) is 4.12 Å². The van der Waals surface area contributed by atoms with E-state index in [1.165, 1.54) is 0 Å². The number of carbonyl (C=O) groups excluding carboxylic acids is 2. The number of hydrogen-bond acceptors (Lipinski definition) is 3. The summed E-state index contributed by atoms with van der Waals surface area (Å²) < 4.78 is 6.23. The Hall–Kier alpha value is -3.39. The van der Waals surface area contributed by atoms with Gasteiger partial charge in [-0.25, -0.2) is 0 Å². The zero-order valence-corrected chi connectivity index (χ0v) is 19.9. The summed E-state index contributed by atoms with van der Waals surface area (Å²) >= 11 is 0. The lowest BCUT2D eigenvalue weighted by Crippen LogP contribution is -2.31. The van der Waals surface area contributed by atoms with Crippen molar-refractivity contribution >= 4 is 41.5 Å². The van der Waals surface area contributed by atoms with Crippen molar-refractivity contribution in [3.05, 3.63) is 131 Å². The molecule has 0 aliphatic rings. The highest BCUT2D eigenvalue weighted by molar-refractivity contribution is 6.62. The van der Waals surface area contributed by atoms with Crippen LogP contribution in [0.15, 0.2) is 109 Å². The second-order valence-corrected chi connectivity index (χ2v) is 10.9. The molecule has 0 aromatic heterocycles. The van der Waals surface area contributed by atoms with Gasteiger partial charge in [-0.1, -0.05) is 109 Å². The van der Waals surface area contributed by atoms with E-state index in [9.17, 15) is 9.59 Å². The summed E-state index contributed by atoms with van der Waals surface area (Å²) in [6.45, 7) is 0. The molecule has 4 aromatic rings. The summed E-state index contributed by atoms with van der Waals surface area (Å²) in [6.07, 6.45) is 0. The molecule has 0 radical (unpaired) electrons. The zero-order valence-electron chi connectivity index (χ0n) is 17.0. The van der Waals surface area contributed by atoms with Crippen LogP contribution in [0.2, 0.25) is 0 Å². The van der Waals surface area contributed by atoms with Crippen molar-refractivity contribution in [2.45, 2.75) is 0 Å². The van der Waals surface area contributed by atoms with Gasteiger partial charge in [0.1, 0.15) is 0 Å². The summed E-state index contributed by atoms with van der Waals surface area (Å²) in [4.78, 5) is 25.9. The second-order valence-electron chi connectivity index (χ2n) is 7.20. The lowest BCUT2D eigenvalue weighted by Gasteiger charge is -2.11. The third kappa shape index (κ3) is 5.03. The minimum atomic E-state index is -1.11. The Bertz CT molecular complexity index is 1100. The average molecular weight is 439 g/mol. The number of carbonyl (C=O) groups is 2. The van der Waals surface area contributed by atoms with Gasteiger partial charge in [-0.05, 0) is 10.4 Å². The molecule has 0 aliphatic carbocycles. The third-order valence-electron chi connectivity index (χ3n) is 5.11. The molecule has 0 heterocycles. The molecule has 0 unspecified atom stereocenters. The summed E-state index contributed by atoms with van der Waals surface area (Å²) in [7, 11) is -2.21. The van der Waals surface area contributed by atoms with Gasteiger partial charge in [-0.2, -0.15) is 0 Å². The molecule has 5 heteroatoms. The second kappa shape index (κ2) is 10.1. The molecular formula is C26H22O3Si2. The maximum atomic E-state index is 12.9. The Morgan fingerprint density at radius 2 is 0.839 bits per heavy atom. The Kier molecular flexibility index (Phi) is 6.79. The molecule has 0 aliphatic heterocycles. The standard InChI is InChI=1S/C26H22O3Si2/c27-25(19-11-3-1-4-12-19)21-15-7-9-17-23(21)30-29-31-24-18-10-8-16-22(24)26(28)20-13-5-2-6-14-20/h1-18H,30-31H2. The lowest BCUT2D eigenvalue weighted by molar-refractivity contribution is 0.103. The van der Waals surface area contributed by atoms with Gasteiger partial charge in [0.15, 0.2) is 31.1 Å². The molecule has 0 spiro atoms. The number of ketones is 2. The van der Waals surface area contributed by atoms with E-state index in [-0.39, 0.29) is 11.6 Å². The van der Waals surface area contributed by atoms with Crippen molar-refractivity contribution in [1.29, 1.82) is 0 Å². The van der Waals surface area contributed by atoms with Crippen LogP contribution >= 0.6 is 0 Å². The van der Waals surface area contributed by atoms with Gasteiger partial charge in [0.25, 0.3) is 0 Å². The lowest BCUT2D eigenvalue weighted by atomic mass is 10.0. The van der Waals surface area contributed by atoms with E-state index < -0.39 is 19.5 Å². The molecule has 31 heavy (non-hydrogen) atoms. The van der Waals surface area contributed by atoms with Gasteiger partial charge in [0.05, 0.1) is 0 Å². The van der Waals surface area contributed by atoms with Crippen LogP contribution in [0.5, 0.6) is 0 Å². The fourth-order valence-electron chi connectivity index (χ4n) is 3.50. The average Bonchev–Trinajstić information content (AvgIpc) is 2.85. The van der Waals surface area contributed by atoms with E-state index in [0.717, 1.165) is 10.4 Å². The minimum absolute atomic E-state index is 0.0219. The minimum Gasteiger partial charge on any atom is -0.458 e. The maximum Gasteiger partial charge on any atom is 0.192 e. The number of benzene rings is 4. The summed E-state index contributed by atoms with van der Waals surface area (Å²) in [5, 5.41) is 1.99. The van der Waals surface area contributed by atoms with E-state index >= 15 is 0 Å². The molecule has 4 aromatic carbocycles. The van der Waals surface area contributed by atoms with E-state index in [4.69, 9.17) is 4.12 Å². The highest BCUT2D eigenvalue weighted by Crippen LogP contribution is 2.09. The van der Waals surface area contributed by atoms with E-state index in [0.29, 0.717) is 22.3 Å². The van der Waals surface area contributed by atoms with Crippen molar-refractivity contribution < 1.29 is 13.7 Å². The number of rotatable bonds is 8. The first-order valence-corrected chi connectivity index (χ1v) is 12.7. The third-order valence-corrected chi connectivity index (χ3v) is 8.60. The molecule has 3 nitrogen and oxygen atoms in total. The number of hydrogen-bond donors (Lipinski definition) is 0. The topological polar surface area (TPSA) is 43.4 Å². The molecule has 0 bridgehead atoms. The van der Waals surface area contributed by atoms with Crippen molar-refractivity contribution in [1.82, 2.24) is 0 Å². The van der Waals surface area contributed by atoms with Crippen molar-refractivity contribution in [2.75, 3.05) is 0 Å². The Morgan fingerprint density at radius 3 is 1.26 bits per heavy atom.